The molecule has 0 aliphatic carbocycles. The summed E-state index contributed by atoms with van der Waals surface area (Å²) in [5.74, 6) is 2.64. The summed E-state index contributed by atoms with van der Waals surface area (Å²) in [6.07, 6.45) is 2.64. The quantitative estimate of drug-likeness (QED) is 0.850. The molecule has 2 fully saturated rings. The number of thioether (sulfide) groups is 1. The summed E-state index contributed by atoms with van der Waals surface area (Å²) in [4.78, 5) is 28.4. The van der Waals surface area contributed by atoms with E-state index in [0.29, 0.717) is 19.0 Å². The first-order valence-corrected chi connectivity index (χ1v) is 9.46. The zero-order chi connectivity index (χ0) is 16.2. The first kappa shape index (κ1) is 16.4. The lowest BCUT2D eigenvalue weighted by Gasteiger charge is -2.32. The summed E-state index contributed by atoms with van der Waals surface area (Å²) in [5.41, 5.74) is 1.19. The van der Waals surface area contributed by atoms with Crippen molar-refractivity contribution in [1.29, 1.82) is 0 Å². The van der Waals surface area contributed by atoms with Gasteiger partial charge in [0.1, 0.15) is 0 Å². The van der Waals surface area contributed by atoms with E-state index >= 15 is 0 Å². The van der Waals surface area contributed by atoms with Gasteiger partial charge in [0.25, 0.3) is 0 Å². The van der Waals surface area contributed by atoms with Gasteiger partial charge in [0.15, 0.2) is 0 Å². The van der Waals surface area contributed by atoms with Crippen LogP contribution in [0.15, 0.2) is 30.3 Å². The van der Waals surface area contributed by atoms with Crippen molar-refractivity contribution in [3.05, 3.63) is 35.9 Å². The van der Waals surface area contributed by atoms with Crippen molar-refractivity contribution >= 4 is 23.6 Å². The maximum Gasteiger partial charge on any atom is 0.242 e. The summed E-state index contributed by atoms with van der Waals surface area (Å²) >= 11 is 1.96. The van der Waals surface area contributed by atoms with E-state index < -0.39 is 0 Å². The van der Waals surface area contributed by atoms with Crippen LogP contribution in [0, 0.1) is 0 Å². The molecule has 1 atom stereocenters. The van der Waals surface area contributed by atoms with Crippen LogP contribution in [0.1, 0.15) is 30.7 Å². The van der Waals surface area contributed by atoms with Crippen LogP contribution in [0.25, 0.3) is 0 Å². The van der Waals surface area contributed by atoms with Crippen LogP contribution in [0.2, 0.25) is 0 Å². The minimum atomic E-state index is 0.0731. The van der Waals surface area contributed by atoms with Crippen molar-refractivity contribution in [2.45, 2.75) is 31.2 Å². The zero-order valence-corrected chi connectivity index (χ0v) is 14.4. The normalized spacial score (nSPS) is 22.4. The molecule has 2 aliphatic rings. The van der Waals surface area contributed by atoms with Gasteiger partial charge < -0.3 is 9.80 Å². The van der Waals surface area contributed by atoms with Crippen molar-refractivity contribution in [2.75, 3.05) is 31.6 Å². The Balaban J connectivity index is 1.57. The second-order valence-corrected chi connectivity index (χ2v) is 7.66. The molecule has 2 amide bonds. The number of nitrogens with zero attached hydrogens (tertiary/aromatic N) is 2. The lowest BCUT2D eigenvalue weighted by atomic mass is 9.99. The highest BCUT2D eigenvalue weighted by molar-refractivity contribution is 7.99. The summed E-state index contributed by atoms with van der Waals surface area (Å²) in [5, 5.41) is 0. The molecule has 5 heteroatoms. The van der Waals surface area contributed by atoms with Gasteiger partial charge in [-0.15, -0.1) is 0 Å². The van der Waals surface area contributed by atoms with Gasteiger partial charge in [-0.05, 0) is 29.9 Å². The van der Waals surface area contributed by atoms with Crippen LogP contribution < -0.4 is 0 Å². The van der Waals surface area contributed by atoms with E-state index in [9.17, 15) is 9.59 Å². The first-order valence-electron chi connectivity index (χ1n) is 8.31. The number of rotatable bonds is 4. The predicted molar refractivity (Wildman–Crippen MR) is 93.5 cm³/mol. The maximum atomic E-state index is 12.5. The van der Waals surface area contributed by atoms with Gasteiger partial charge in [-0.3, -0.25) is 9.59 Å². The molecule has 1 aromatic carbocycles. The van der Waals surface area contributed by atoms with Gasteiger partial charge in [0, 0.05) is 32.0 Å². The van der Waals surface area contributed by atoms with E-state index in [1.54, 1.807) is 4.90 Å². The number of likely N-dealkylation sites (tertiary alicyclic amines) is 1. The van der Waals surface area contributed by atoms with Crippen molar-refractivity contribution in [3.8, 4) is 0 Å². The molecule has 2 saturated heterocycles. The van der Waals surface area contributed by atoms with E-state index in [1.165, 1.54) is 5.56 Å². The van der Waals surface area contributed by atoms with Crippen molar-refractivity contribution in [1.82, 2.24) is 9.80 Å². The smallest absolute Gasteiger partial charge is 0.242 e. The largest absolute Gasteiger partial charge is 0.341 e. The Morgan fingerprint density at radius 3 is 2.65 bits per heavy atom. The second kappa shape index (κ2) is 7.39. The number of carbonyl (C=O) groups excluding carboxylic acids is 2. The molecule has 0 spiro atoms. The topological polar surface area (TPSA) is 40.6 Å². The van der Waals surface area contributed by atoms with Crippen LogP contribution in [0.5, 0.6) is 0 Å². The van der Waals surface area contributed by atoms with E-state index in [4.69, 9.17) is 0 Å². The SMILES string of the molecule is CN(C(=O)CN1C[C@@H](c2ccccc2)CC1=O)C1CCSCC1. The average molecular weight is 332 g/mol. The van der Waals surface area contributed by atoms with Gasteiger partial charge in [0.05, 0.1) is 6.54 Å². The fourth-order valence-electron chi connectivity index (χ4n) is 3.42. The molecule has 2 aliphatic heterocycles. The fraction of sp³-hybridized carbons (Fsp3) is 0.556. The number of amides is 2. The summed E-state index contributed by atoms with van der Waals surface area (Å²) in [6.45, 7) is 0.880. The summed E-state index contributed by atoms with van der Waals surface area (Å²) < 4.78 is 0. The Hall–Kier alpha value is -1.49. The lowest BCUT2D eigenvalue weighted by molar-refractivity contribution is -0.138. The van der Waals surface area contributed by atoms with Crippen molar-refractivity contribution in [2.24, 2.45) is 0 Å². The summed E-state index contributed by atoms with van der Waals surface area (Å²) in [7, 11) is 1.89. The third-order valence-corrected chi connectivity index (χ3v) is 5.99. The van der Waals surface area contributed by atoms with Gasteiger partial charge >= 0.3 is 0 Å². The molecule has 0 aromatic heterocycles. The Bertz CT molecular complexity index is 557. The highest BCUT2D eigenvalue weighted by Gasteiger charge is 2.33. The molecule has 2 heterocycles. The zero-order valence-electron chi connectivity index (χ0n) is 13.6. The molecule has 0 N–H and O–H groups in total. The molecule has 0 saturated carbocycles. The highest BCUT2D eigenvalue weighted by Crippen LogP contribution is 2.28. The second-order valence-electron chi connectivity index (χ2n) is 6.43. The van der Waals surface area contributed by atoms with Crippen LogP contribution in [0.3, 0.4) is 0 Å². The maximum absolute atomic E-state index is 12.5. The van der Waals surface area contributed by atoms with Crippen LogP contribution in [-0.2, 0) is 9.59 Å². The first-order chi connectivity index (χ1) is 11.1. The molecule has 0 unspecified atom stereocenters. The standard InChI is InChI=1S/C18H24N2O2S/c1-19(16-7-9-23-10-8-16)18(22)13-20-12-15(11-17(20)21)14-5-3-2-4-6-14/h2-6,15-16H,7-13H2,1H3/t15-/m0/s1. The Morgan fingerprint density at radius 2 is 1.96 bits per heavy atom. The van der Waals surface area contributed by atoms with E-state index in [2.05, 4.69) is 12.1 Å². The van der Waals surface area contributed by atoms with Crippen LogP contribution in [0.4, 0.5) is 0 Å². The van der Waals surface area contributed by atoms with Gasteiger partial charge in [0.2, 0.25) is 11.8 Å². The van der Waals surface area contributed by atoms with Crippen LogP contribution >= 0.6 is 11.8 Å². The molecule has 0 radical (unpaired) electrons. The third-order valence-electron chi connectivity index (χ3n) is 4.94. The molecule has 124 valence electrons. The average Bonchev–Trinajstić information content (AvgIpc) is 2.96. The Kier molecular flexibility index (Phi) is 5.26. The van der Waals surface area contributed by atoms with E-state index in [0.717, 1.165) is 24.3 Å². The molecular formula is C18H24N2O2S. The van der Waals surface area contributed by atoms with Gasteiger partial charge in [-0.2, -0.15) is 11.8 Å². The van der Waals surface area contributed by atoms with Crippen molar-refractivity contribution < 1.29 is 9.59 Å². The number of hydrogen-bond donors (Lipinski definition) is 0. The minimum Gasteiger partial charge on any atom is -0.341 e. The number of benzene rings is 1. The molecule has 4 nitrogen and oxygen atoms in total. The highest BCUT2D eigenvalue weighted by atomic mass is 32.2. The monoisotopic (exact) mass is 332 g/mol. The third kappa shape index (κ3) is 3.89. The molecule has 1 aromatic rings. The minimum absolute atomic E-state index is 0.0731. The van der Waals surface area contributed by atoms with Gasteiger partial charge in [-0.25, -0.2) is 0 Å². The van der Waals surface area contributed by atoms with Crippen LogP contribution in [-0.4, -0.2) is 59.3 Å². The predicted octanol–water partition coefficient (Wildman–Crippen LogP) is 2.36. The van der Waals surface area contributed by atoms with Crippen molar-refractivity contribution in [3.63, 3.8) is 0 Å². The van der Waals surface area contributed by atoms with E-state index in [-0.39, 0.29) is 24.3 Å². The molecule has 23 heavy (non-hydrogen) atoms. The lowest BCUT2D eigenvalue weighted by Crippen LogP contribution is -2.45. The molecule has 0 bridgehead atoms. The Morgan fingerprint density at radius 1 is 1.26 bits per heavy atom. The summed E-state index contributed by atoms with van der Waals surface area (Å²) in [6, 6.07) is 10.5. The number of carbonyl (C=O) groups is 2. The Labute approximate surface area is 142 Å². The van der Waals surface area contributed by atoms with E-state index in [1.807, 2.05) is 41.9 Å². The fourth-order valence-corrected chi connectivity index (χ4v) is 4.51. The van der Waals surface area contributed by atoms with Gasteiger partial charge in [-0.1, -0.05) is 30.3 Å². The number of hydrogen-bond acceptors (Lipinski definition) is 3. The number of likely N-dealkylation sites (N-methyl/N-ethyl adjacent to an activating group) is 1. The molecule has 3 rings (SSSR count). The molecular weight excluding hydrogens is 308 g/mol.